The molecule has 14 nitrogen and oxygen atoms in total. The van der Waals surface area contributed by atoms with E-state index in [0.717, 1.165) is 51.4 Å². The highest BCUT2D eigenvalue weighted by Gasteiger charge is 2.51. The lowest BCUT2D eigenvalue weighted by Crippen LogP contribution is -2.65. The fraction of sp³-hybridized carbons (Fsp3) is 0.814. The smallest absolute Gasteiger partial charge is 0.220 e. The van der Waals surface area contributed by atoms with Crippen LogP contribution < -0.4 is 5.32 Å². The fourth-order valence-electron chi connectivity index (χ4n) is 11.0. The third kappa shape index (κ3) is 38.7. The zero-order chi connectivity index (χ0) is 60.9. The first kappa shape index (κ1) is 77.5. The lowest BCUT2D eigenvalue weighted by atomic mass is 9.97. The highest BCUT2D eigenvalue weighted by molar-refractivity contribution is 5.76. The van der Waals surface area contributed by atoms with Crippen molar-refractivity contribution in [1.82, 2.24) is 5.32 Å². The highest BCUT2D eigenvalue weighted by Crippen LogP contribution is 2.30. The largest absolute Gasteiger partial charge is 0.394 e. The van der Waals surface area contributed by atoms with E-state index in [1.807, 2.05) is 12.2 Å². The van der Waals surface area contributed by atoms with Crippen LogP contribution in [-0.2, 0) is 23.7 Å². The Labute approximate surface area is 510 Å². The summed E-state index contributed by atoms with van der Waals surface area (Å²) < 4.78 is 22.8. The summed E-state index contributed by atoms with van der Waals surface area (Å²) in [5, 5.41) is 87.2. The Bertz CT molecular complexity index is 1690. The van der Waals surface area contributed by atoms with Gasteiger partial charge in [0.25, 0.3) is 0 Å². The van der Waals surface area contributed by atoms with E-state index in [2.05, 4.69) is 73.8 Å². The minimum Gasteiger partial charge on any atom is -0.394 e. The molecule has 2 fully saturated rings. The van der Waals surface area contributed by atoms with E-state index >= 15 is 0 Å². The molecule has 0 aliphatic carbocycles. The number of hydrogen-bond donors (Lipinski definition) is 9. The lowest BCUT2D eigenvalue weighted by molar-refractivity contribution is -0.359. The lowest BCUT2D eigenvalue weighted by Gasteiger charge is -2.46. The summed E-state index contributed by atoms with van der Waals surface area (Å²) in [6, 6.07) is -0.950. The highest BCUT2D eigenvalue weighted by atomic mass is 16.7. The van der Waals surface area contributed by atoms with Crippen molar-refractivity contribution in [1.29, 1.82) is 0 Å². The van der Waals surface area contributed by atoms with Crippen LogP contribution >= 0.6 is 0 Å². The van der Waals surface area contributed by atoms with Gasteiger partial charge < -0.3 is 65.1 Å². The van der Waals surface area contributed by atoms with E-state index < -0.39 is 86.8 Å². The van der Waals surface area contributed by atoms with Crippen LogP contribution in [0.3, 0.4) is 0 Å². The maximum absolute atomic E-state index is 13.3. The monoisotopic (exact) mass is 1190 g/mol. The van der Waals surface area contributed by atoms with Crippen LogP contribution in [0.25, 0.3) is 0 Å². The van der Waals surface area contributed by atoms with Crippen LogP contribution in [0.5, 0.6) is 0 Å². The first-order valence-corrected chi connectivity index (χ1v) is 34.2. The summed E-state index contributed by atoms with van der Waals surface area (Å²) in [6.07, 6.45) is 57.0. The molecule has 12 unspecified atom stereocenters. The molecule has 0 aromatic heterocycles. The van der Waals surface area contributed by atoms with Crippen LogP contribution in [0.1, 0.15) is 271 Å². The first-order chi connectivity index (χ1) is 41.1. The van der Waals surface area contributed by atoms with Crippen molar-refractivity contribution in [2.24, 2.45) is 0 Å². The summed E-state index contributed by atoms with van der Waals surface area (Å²) in [6.45, 7) is 2.66. The van der Waals surface area contributed by atoms with E-state index in [4.69, 9.17) is 18.9 Å². The van der Waals surface area contributed by atoms with Gasteiger partial charge in [-0.1, -0.05) is 279 Å². The molecule has 2 aliphatic rings. The van der Waals surface area contributed by atoms with Crippen molar-refractivity contribution in [3.63, 3.8) is 0 Å². The second-order valence-electron chi connectivity index (χ2n) is 23.9. The van der Waals surface area contributed by atoms with Gasteiger partial charge >= 0.3 is 0 Å². The van der Waals surface area contributed by atoms with E-state index in [0.29, 0.717) is 12.8 Å². The van der Waals surface area contributed by atoms with Gasteiger partial charge in [-0.25, -0.2) is 0 Å². The molecule has 1 amide bonds. The number of allylic oxidation sites excluding steroid dienone is 11. The summed E-state index contributed by atoms with van der Waals surface area (Å²) in [4.78, 5) is 13.3. The van der Waals surface area contributed by atoms with Crippen molar-refractivity contribution in [3.05, 3.63) is 72.9 Å². The second-order valence-corrected chi connectivity index (χ2v) is 23.9. The van der Waals surface area contributed by atoms with Crippen molar-refractivity contribution >= 4 is 5.91 Å². The number of amides is 1. The van der Waals surface area contributed by atoms with Crippen LogP contribution in [0.15, 0.2) is 72.9 Å². The molecule has 2 aliphatic heterocycles. The molecule has 0 aromatic rings. The minimum absolute atomic E-state index is 0.200. The van der Waals surface area contributed by atoms with Gasteiger partial charge in [0.05, 0.1) is 32.0 Å². The van der Waals surface area contributed by atoms with Crippen molar-refractivity contribution in [2.45, 2.75) is 344 Å². The van der Waals surface area contributed by atoms with E-state index in [-0.39, 0.29) is 18.9 Å². The first-order valence-electron chi connectivity index (χ1n) is 34.2. The van der Waals surface area contributed by atoms with Gasteiger partial charge in [-0.2, -0.15) is 0 Å². The van der Waals surface area contributed by atoms with Crippen LogP contribution in [0.2, 0.25) is 0 Å². The van der Waals surface area contributed by atoms with E-state index in [1.165, 1.54) is 186 Å². The predicted molar refractivity (Wildman–Crippen MR) is 341 cm³/mol. The van der Waals surface area contributed by atoms with Gasteiger partial charge in [0.2, 0.25) is 5.91 Å². The summed E-state index contributed by atoms with van der Waals surface area (Å²) in [5.41, 5.74) is 0. The average Bonchev–Trinajstić information content (AvgIpc) is 3.18. The van der Waals surface area contributed by atoms with Gasteiger partial charge in [0.15, 0.2) is 12.6 Å². The summed E-state index contributed by atoms with van der Waals surface area (Å²) in [7, 11) is 0. The third-order valence-corrected chi connectivity index (χ3v) is 16.4. The van der Waals surface area contributed by atoms with Crippen LogP contribution in [0, 0.1) is 0 Å². The number of unbranched alkanes of at least 4 members (excludes halogenated alkanes) is 32. The molecule has 0 radical (unpaired) electrons. The molecule has 2 rings (SSSR count). The normalized spacial score (nSPS) is 24.1. The molecule has 12 atom stereocenters. The Morgan fingerprint density at radius 1 is 0.440 bits per heavy atom. The molecule has 0 saturated carbocycles. The maximum Gasteiger partial charge on any atom is 0.220 e. The molecule has 2 heterocycles. The van der Waals surface area contributed by atoms with Gasteiger partial charge in [-0.3, -0.25) is 4.79 Å². The molecular formula is C70H125NO13. The molecule has 2 saturated heterocycles. The van der Waals surface area contributed by atoms with Crippen LogP contribution in [-0.4, -0.2) is 140 Å². The number of hydrogen-bond acceptors (Lipinski definition) is 13. The minimum atomic E-state index is -1.80. The van der Waals surface area contributed by atoms with Gasteiger partial charge in [-0.15, -0.1) is 0 Å². The van der Waals surface area contributed by atoms with Crippen molar-refractivity contribution in [2.75, 3.05) is 19.8 Å². The standard InChI is InChI=1S/C70H125NO13/c1-3-5-7-9-11-13-15-17-19-21-22-23-24-25-26-27-28-29-30-31-32-33-34-35-36-38-39-41-43-45-47-49-51-53-59(74)58(71-62(75)54-52-50-48-46-44-42-40-37-20-18-16-14-12-10-8-6-4-2)57-81-69-67(80)65(78)68(61(56-73)83-69)84-70-66(79)64(77)63(76)60(55-72)82-70/h6,8,12,14,18,20,40,42,46,48,51,53,58-61,63-70,72-74,76-80H,3-5,7,9-11,13,15-17,19,21-39,41,43-45,47,49-50,52,54-57H2,1-2H3,(H,71,75)/b8-6-,14-12-,20-18-,42-40-,48-46-,53-51+. The third-order valence-electron chi connectivity index (χ3n) is 16.4. The van der Waals surface area contributed by atoms with Gasteiger partial charge in [-0.05, 0) is 57.8 Å². The molecular weight excluding hydrogens is 1060 g/mol. The number of ether oxygens (including phenoxy) is 4. The second kappa shape index (κ2) is 54.6. The predicted octanol–water partition coefficient (Wildman–Crippen LogP) is 13.5. The van der Waals surface area contributed by atoms with Gasteiger partial charge in [0, 0.05) is 6.42 Å². The Kier molecular flexibility index (Phi) is 50.4. The zero-order valence-corrected chi connectivity index (χ0v) is 52.9. The quantitative estimate of drug-likeness (QED) is 0.0204. The van der Waals surface area contributed by atoms with Crippen molar-refractivity contribution < 1.29 is 64.6 Å². The van der Waals surface area contributed by atoms with E-state index in [1.54, 1.807) is 6.08 Å². The number of aliphatic hydroxyl groups excluding tert-OH is 8. The topological polar surface area (TPSA) is 228 Å². The van der Waals surface area contributed by atoms with Gasteiger partial charge in [0.1, 0.15) is 48.8 Å². The number of aliphatic hydroxyl groups is 8. The Morgan fingerprint density at radius 3 is 1.25 bits per heavy atom. The summed E-state index contributed by atoms with van der Waals surface area (Å²) in [5.74, 6) is -0.295. The molecule has 84 heavy (non-hydrogen) atoms. The molecule has 0 aromatic carbocycles. The molecule has 0 bridgehead atoms. The molecule has 9 N–H and O–H groups in total. The Balaban J connectivity index is 1.67. The number of carbonyl (C=O) groups is 1. The maximum atomic E-state index is 13.3. The molecule has 14 heteroatoms. The summed E-state index contributed by atoms with van der Waals surface area (Å²) >= 11 is 0. The van der Waals surface area contributed by atoms with Crippen molar-refractivity contribution in [3.8, 4) is 0 Å². The number of rotatable bonds is 55. The average molecular weight is 1190 g/mol. The van der Waals surface area contributed by atoms with Crippen LogP contribution in [0.4, 0.5) is 0 Å². The van der Waals surface area contributed by atoms with E-state index in [9.17, 15) is 45.6 Å². The molecule has 488 valence electrons. The SMILES string of the molecule is CC/C=C\C/C=C\C/C=C\C/C=C\C/C=C\CCCC(=O)NC(COC1OC(CO)C(OC2OC(CO)C(O)C(O)C2O)C(O)C1O)C(O)/C=C/CCCCCCCCCCCCCCCCCCCCCCCCCCCCCCCCC. The Morgan fingerprint density at radius 2 is 0.821 bits per heavy atom. The zero-order valence-electron chi connectivity index (χ0n) is 52.9. The molecule has 0 spiro atoms. The fourth-order valence-corrected chi connectivity index (χ4v) is 11.0. The number of nitrogens with one attached hydrogen (secondary N) is 1. The Hall–Kier alpha value is -2.57. The number of carbonyl (C=O) groups excluding carboxylic acids is 1.